The first-order valence-electron chi connectivity index (χ1n) is 7.71. The van der Waals surface area contributed by atoms with E-state index >= 15 is 0 Å². The van der Waals surface area contributed by atoms with Gasteiger partial charge in [0.15, 0.2) is 0 Å². The van der Waals surface area contributed by atoms with Crippen molar-refractivity contribution in [2.45, 2.75) is 31.7 Å². The fraction of sp³-hybridized carbons (Fsp3) is 0.412. The monoisotopic (exact) mass is 389 g/mol. The van der Waals surface area contributed by atoms with Crippen LogP contribution in [0.25, 0.3) is 11.5 Å². The first-order chi connectivity index (χ1) is 11.0. The normalized spacial score (nSPS) is 15.5. The van der Waals surface area contributed by atoms with Crippen LogP contribution in [0.1, 0.15) is 25.5 Å². The molecule has 0 radical (unpaired) electrons. The SMILES string of the molecule is CC(CN)(NC(=O)Cc1coc(-c2ccc(F)cc2)n1)C1CC1.Cl.Cl. The molecule has 8 heteroatoms. The maximum Gasteiger partial charge on any atom is 0.226 e. The van der Waals surface area contributed by atoms with Crippen LogP contribution in [0.2, 0.25) is 0 Å². The van der Waals surface area contributed by atoms with E-state index in [2.05, 4.69) is 10.3 Å². The number of benzene rings is 1. The number of carbonyl (C=O) groups is 1. The molecule has 0 bridgehead atoms. The van der Waals surface area contributed by atoms with E-state index in [4.69, 9.17) is 10.2 Å². The Hall–Kier alpha value is -1.63. The lowest BCUT2D eigenvalue weighted by molar-refractivity contribution is -0.122. The molecule has 2 aromatic rings. The Morgan fingerprint density at radius 1 is 1.36 bits per heavy atom. The lowest BCUT2D eigenvalue weighted by Gasteiger charge is -2.29. The van der Waals surface area contributed by atoms with E-state index in [1.165, 1.54) is 18.4 Å². The maximum absolute atomic E-state index is 12.9. The number of nitrogens with one attached hydrogen (secondary N) is 1. The van der Waals surface area contributed by atoms with E-state index in [1.807, 2.05) is 6.92 Å². The Kier molecular flexibility index (Phi) is 7.41. The second-order valence-corrected chi connectivity index (χ2v) is 6.27. The van der Waals surface area contributed by atoms with Gasteiger partial charge in [-0.2, -0.15) is 0 Å². The molecule has 3 rings (SSSR count). The number of rotatable bonds is 6. The number of hydrogen-bond donors (Lipinski definition) is 2. The van der Waals surface area contributed by atoms with Gasteiger partial charge in [-0.1, -0.05) is 0 Å². The zero-order valence-electron chi connectivity index (χ0n) is 13.8. The molecular formula is C17H22Cl2FN3O2. The molecule has 1 atom stereocenters. The first-order valence-corrected chi connectivity index (χ1v) is 7.71. The fourth-order valence-electron chi connectivity index (χ4n) is 2.68. The van der Waals surface area contributed by atoms with Gasteiger partial charge in [-0.3, -0.25) is 4.79 Å². The van der Waals surface area contributed by atoms with Gasteiger partial charge in [-0.15, -0.1) is 24.8 Å². The van der Waals surface area contributed by atoms with Gasteiger partial charge in [0.25, 0.3) is 0 Å². The number of halogens is 3. The van der Waals surface area contributed by atoms with Crippen molar-refractivity contribution in [3.8, 4) is 11.5 Å². The van der Waals surface area contributed by atoms with Gasteiger partial charge in [0, 0.05) is 12.1 Å². The molecule has 3 N–H and O–H groups in total. The van der Waals surface area contributed by atoms with Gasteiger partial charge in [0.1, 0.15) is 12.1 Å². The van der Waals surface area contributed by atoms with Crippen molar-refractivity contribution in [1.29, 1.82) is 0 Å². The van der Waals surface area contributed by atoms with Gasteiger partial charge in [0.05, 0.1) is 17.7 Å². The fourth-order valence-corrected chi connectivity index (χ4v) is 2.68. The molecule has 1 fully saturated rings. The van der Waals surface area contributed by atoms with Crippen LogP contribution < -0.4 is 11.1 Å². The third-order valence-electron chi connectivity index (χ3n) is 4.31. The zero-order valence-corrected chi connectivity index (χ0v) is 15.5. The summed E-state index contributed by atoms with van der Waals surface area (Å²) in [6, 6.07) is 5.86. The predicted octanol–water partition coefficient (Wildman–Crippen LogP) is 3.11. The van der Waals surface area contributed by atoms with E-state index in [1.54, 1.807) is 12.1 Å². The Bertz CT molecular complexity index is 704. The van der Waals surface area contributed by atoms with Crippen LogP contribution >= 0.6 is 24.8 Å². The quantitative estimate of drug-likeness (QED) is 0.794. The van der Waals surface area contributed by atoms with Crippen LogP contribution in [-0.4, -0.2) is 23.0 Å². The topological polar surface area (TPSA) is 81.1 Å². The van der Waals surface area contributed by atoms with Crippen molar-refractivity contribution in [2.75, 3.05) is 6.54 Å². The molecule has 1 heterocycles. The molecule has 5 nitrogen and oxygen atoms in total. The molecule has 138 valence electrons. The summed E-state index contributed by atoms with van der Waals surface area (Å²) < 4.78 is 18.3. The van der Waals surface area contributed by atoms with Crippen molar-refractivity contribution >= 4 is 30.7 Å². The molecule has 0 saturated heterocycles. The molecular weight excluding hydrogens is 368 g/mol. The van der Waals surface area contributed by atoms with Crippen LogP contribution in [0.3, 0.4) is 0 Å². The standard InChI is InChI=1S/C17H20FN3O2.2ClH/c1-17(10-19,12-4-5-12)21-15(22)8-14-9-23-16(20-14)11-2-6-13(18)7-3-11;;/h2-3,6-7,9,12H,4-5,8,10,19H2,1H3,(H,21,22);2*1H. The molecule has 1 aromatic heterocycles. The highest BCUT2D eigenvalue weighted by atomic mass is 35.5. The molecule has 1 aliphatic rings. The lowest BCUT2D eigenvalue weighted by Crippen LogP contribution is -2.53. The molecule has 25 heavy (non-hydrogen) atoms. The highest BCUT2D eigenvalue weighted by Gasteiger charge is 2.41. The van der Waals surface area contributed by atoms with Crippen molar-refractivity contribution in [3.05, 3.63) is 42.0 Å². The maximum atomic E-state index is 12.9. The van der Waals surface area contributed by atoms with Crippen LogP contribution in [0, 0.1) is 11.7 Å². The minimum absolute atomic E-state index is 0. The number of oxazole rings is 1. The Labute approximate surface area is 158 Å². The number of hydrogen-bond acceptors (Lipinski definition) is 4. The average Bonchev–Trinajstić information content (AvgIpc) is 3.29. The Morgan fingerprint density at radius 2 is 2.00 bits per heavy atom. The molecule has 1 saturated carbocycles. The highest BCUT2D eigenvalue weighted by molar-refractivity contribution is 5.85. The van der Waals surface area contributed by atoms with Gasteiger partial charge < -0.3 is 15.5 Å². The van der Waals surface area contributed by atoms with Crippen molar-refractivity contribution in [2.24, 2.45) is 11.7 Å². The van der Waals surface area contributed by atoms with Crippen LogP contribution in [0.5, 0.6) is 0 Å². The average molecular weight is 390 g/mol. The molecule has 1 aromatic carbocycles. The Balaban J connectivity index is 0.00000156. The summed E-state index contributed by atoms with van der Waals surface area (Å²) in [5.74, 6) is 0.393. The van der Waals surface area contributed by atoms with Gasteiger partial charge in [0.2, 0.25) is 11.8 Å². The predicted molar refractivity (Wildman–Crippen MR) is 98.4 cm³/mol. The van der Waals surface area contributed by atoms with E-state index in [-0.39, 0.29) is 48.5 Å². The number of nitrogens with two attached hydrogens (primary N) is 1. The second-order valence-electron chi connectivity index (χ2n) is 6.27. The van der Waals surface area contributed by atoms with E-state index in [9.17, 15) is 9.18 Å². The third-order valence-corrected chi connectivity index (χ3v) is 4.31. The van der Waals surface area contributed by atoms with Crippen LogP contribution in [0.4, 0.5) is 4.39 Å². The molecule has 0 spiro atoms. The van der Waals surface area contributed by atoms with Crippen molar-refractivity contribution in [1.82, 2.24) is 10.3 Å². The van der Waals surface area contributed by atoms with E-state index in [0.29, 0.717) is 29.6 Å². The van der Waals surface area contributed by atoms with Gasteiger partial charge in [-0.05, 0) is 49.9 Å². The summed E-state index contributed by atoms with van der Waals surface area (Å²) in [7, 11) is 0. The molecule has 1 amide bonds. The number of amides is 1. The summed E-state index contributed by atoms with van der Waals surface area (Å²) in [5, 5.41) is 3.01. The summed E-state index contributed by atoms with van der Waals surface area (Å²) >= 11 is 0. The van der Waals surface area contributed by atoms with E-state index < -0.39 is 0 Å². The van der Waals surface area contributed by atoms with Crippen molar-refractivity contribution < 1.29 is 13.6 Å². The molecule has 1 unspecified atom stereocenters. The smallest absolute Gasteiger partial charge is 0.226 e. The highest BCUT2D eigenvalue weighted by Crippen LogP contribution is 2.39. The van der Waals surface area contributed by atoms with Gasteiger partial charge >= 0.3 is 0 Å². The largest absolute Gasteiger partial charge is 0.444 e. The summed E-state index contributed by atoms with van der Waals surface area (Å²) in [6.45, 7) is 2.40. The summed E-state index contributed by atoms with van der Waals surface area (Å²) in [4.78, 5) is 16.5. The summed E-state index contributed by atoms with van der Waals surface area (Å²) in [6.07, 6.45) is 3.79. The number of aromatic nitrogens is 1. The zero-order chi connectivity index (χ0) is 16.4. The van der Waals surface area contributed by atoms with Crippen molar-refractivity contribution in [3.63, 3.8) is 0 Å². The molecule has 0 aliphatic heterocycles. The second kappa shape index (κ2) is 8.65. The summed E-state index contributed by atoms with van der Waals surface area (Å²) in [5.41, 5.74) is 6.66. The minimum atomic E-state index is -0.347. The lowest BCUT2D eigenvalue weighted by atomic mass is 9.95. The van der Waals surface area contributed by atoms with Gasteiger partial charge in [-0.25, -0.2) is 9.37 Å². The van der Waals surface area contributed by atoms with Crippen LogP contribution in [0.15, 0.2) is 34.9 Å². The number of carbonyl (C=O) groups excluding carboxylic acids is 1. The third kappa shape index (κ3) is 5.17. The number of nitrogens with zero attached hydrogens (tertiary/aromatic N) is 1. The Morgan fingerprint density at radius 3 is 2.56 bits per heavy atom. The minimum Gasteiger partial charge on any atom is -0.444 e. The van der Waals surface area contributed by atoms with E-state index in [0.717, 1.165) is 12.8 Å². The molecule has 1 aliphatic carbocycles. The first kappa shape index (κ1) is 21.4. The van der Waals surface area contributed by atoms with Crippen LogP contribution in [-0.2, 0) is 11.2 Å².